The SMILES string of the molecule is N[C@@H]1CCCN(Cc2ccc(Br)cc2C(F)(F)F)C1. The van der Waals surface area contributed by atoms with Gasteiger partial charge in [0.1, 0.15) is 0 Å². The van der Waals surface area contributed by atoms with Crippen LogP contribution < -0.4 is 5.73 Å². The molecule has 1 atom stereocenters. The molecule has 0 spiro atoms. The molecule has 19 heavy (non-hydrogen) atoms. The van der Waals surface area contributed by atoms with Crippen LogP contribution in [0.5, 0.6) is 0 Å². The Morgan fingerprint density at radius 2 is 2.11 bits per heavy atom. The molecule has 2 N–H and O–H groups in total. The van der Waals surface area contributed by atoms with Crippen LogP contribution in [-0.4, -0.2) is 24.0 Å². The average molecular weight is 337 g/mol. The summed E-state index contributed by atoms with van der Waals surface area (Å²) in [4.78, 5) is 1.99. The van der Waals surface area contributed by atoms with E-state index in [1.807, 2.05) is 4.90 Å². The van der Waals surface area contributed by atoms with Gasteiger partial charge in [0.2, 0.25) is 0 Å². The molecule has 0 aliphatic carbocycles. The van der Waals surface area contributed by atoms with Gasteiger partial charge in [0.15, 0.2) is 0 Å². The van der Waals surface area contributed by atoms with Gasteiger partial charge in [-0.3, -0.25) is 4.90 Å². The maximum absolute atomic E-state index is 13.0. The molecule has 0 bridgehead atoms. The number of hydrogen-bond donors (Lipinski definition) is 1. The first-order chi connectivity index (χ1) is 8.86. The largest absolute Gasteiger partial charge is 0.416 e. The van der Waals surface area contributed by atoms with Crippen molar-refractivity contribution in [2.75, 3.05) is 13.1 Å². The van der Waals surface area contributed by atoms with E-state index in [0.29, 0.717) is 23.1 Å². The number of halogens is 4. The molecule has 1 fully saturated rings. The van der Waals surface area contributed by atoms with E-state index in [1.54, 1.807) is 6.07 Å². The quantitative estimate of drug-likeness (QED) is 0.896. The molecule has 1 aliphatic rings. The molecule has 1 aliphatic heterocycles. The highest BCUT2D eigenvalue weighted by Gasteiger charge is 2.34. The van der Waals surface area contributed by atoms with Crippen molar-refractivity contribution < 1.29 is 13.2 Å². The molecule has 2 rings (SSSR count). The Hall–Kier alpha value is -0.590. The van der Waals surface area contributed by atoms with Gasteiger partial charge >= 0.3 is 6.18 Å². The topological polar surface area (TPSA) is 29.3 Å². The molecule has 0 amide bonds. The van der Waals surface area contributed by atoms with E-state index < -0.39 is 11.7 Å². The zero-order valence-electron chi connectivity index (χ0n) is 10.4. The highest BCUT2D eigenvalue weighted by atomic mass is 79.9. The maximum Gasteiger partial charge on any atom is 0.416 e. The van der Waals surface area contributed by atoms with Crippen LogP contribution in [0.2, 0.25) is 0 Å². The molecule has 1 aromatic carbocycles. The van der Waals surface area contributed by atoms with Crippen LogP contribution >= 0.6 is 15.9 Å². The summed E-state index contributed by atoms with van der Waals surface area (Å²) in [6.07, 6.45) is -2.43. The standard InChI is InChI=1S/C13H16BrF3N2/c14-10-4-3-9(12(6-10)13(15,16)17)7-19-5-1-2-11(18)8-19/h3-4,6,11H,1-2,5,7-8,18H2/t11-/m1/s1. The van der Waals surface area contributed by atoms with E-state index in [2.05, 4.69) is 15.9 Å². The van der Waals surface area contributed by atoms with E-state index in [-0.39, 0.29) is 6.04 Å². The predicted molar refractivity (Wildman–Crippen MR) is 71.6 cm³/mol. The summed E-state index contributed by atoms with van der Waals surface area (Å²) >= 11 is 3.09. The first-order valence-corrected chi connectivity index (χ1v) is 6.99. The first-order valence-electron chi connectivity index (χ1n) is 6.20. The lowest BCUT2D eigenvalue weighted by atomic mass is 10.0. The van der Waals surface area contributed by atoms with E-state index in [0.717, 1.165) is 25.5 Å². The minimum atomic E-state index is -4.32. The van der Waals surface area contributed by atoms with Crippen LogP contribution in [0.3, 0.4) is 0 Å². The smallest absolute Gasteiger partial charge is 0.327 e. The van der Waals surface area contributed by atoms with Gasteiger partial charge in [-0.1, -0.05) is 22.0 Å². The van der Waals surface area contributed by atoms with Crippen molar-refractivity contribution in [2.45, 2.75) is 31.6 Å². The number of rotatable bonds is 2. The summed E-state index contributed by atoms with van der Waals surface area (Å²) in [5.41, 5.74) is 5.60. The van der Waals surface area contributed by atoms with Gasteiger partial charge in [0, 0.05) is 23.6 Å². The second-order valence-corrected chi connectivity index (χ2v) is 5.85. The van der Waals surface area contributed by atoms with Crippen LogP contribution in [0.25, 0.3) is 0 Å². The third-order valence-electron chi connectivity index (χ3n) is 3.31. The Morgan fingerprint density at radius 1 is 1.37 bits per heavy atom. The second kappa shape index (κ2) is 5.81. The number of likely N-dealkylation sites (tertiary alicyclic amines) is 1. The van der Waals surface area contributed by atoms with Gasteiger partial charge in [-0.25, -0.2) is 0 Å². The van der Waals surface area contributed by atoms with Gasteiger partial charge in [0.05, 0.1) is 5.56 Å². The van der Waals surface area contributed by atoms with Crippen molar-refractivity contribution in [3.8, 4) is 0 Å². The van der Waals surface area contributed by atoms with Gasteiger partial charge in [-0.15, -0.1) is 0 Å². The fraction of sp³-hybridized carbons (Fsp3) is 0.538. The number of alkyl halides is 3. The molecular weight excluding hydrogens is 321 g/mol. The van der Waals surface area contributed by atoms with Crippen molar-refractivity contribution in [3.05, 3.63) is 33.8 Å². The molecular formula is C13H16BrF3N2. The molecule has 106 valence electrons. The number of hydrogen-bond acceptors (Lipinski definition) is 2. The van der Waals surface area contributed by atoms with Gasteiger partial charge in [-0.2, -0.15) is 13.2 Å². The third-order valence-corrected chi connectivity index (χ3v) is 3.81. The van der Waals surface area contributed by atoms with Crippen molar-refractivity contribution >= 4 is 15.9 Å². The maximum atomic E-state index is 13.0. The van der Waals surface area contributed by atoms with Crippen molar-refractivity contribution in [2.24, 2.45) is 5.73 Å². The molecule has 1 aromatic rings. The summed E-state index contributed by atoms with van der Waals surface area (Å²) in [6, 6.07) is 4.39. The molecule has 1 saturated heterocycles. The van der Waals surface area contributed by atoms with Gasteiger partial charge in [-0.05, 0) is 37.1 Å². The van der Waals surface area contributed by atoms with E-state index in [4.69, 9.17) is 5.73 Å². The molecule has 0 aromatic heterocycles. The van der Waals surface area contributed by atoms with E-state index >= 15 is 0 Å². The highest BCUT2D eigenvalue weighted by Crippen LogP contribution is 2.34. The summed E-state index contributed by atoms with van der Waals surface area (Å²) in [5.74, 6) is 0. The monoisotopic (exact) mass is 336 g/mol. The van der Waals surface area contributed by atoms with Crippen LogP contribution in [0.4, 0.5) is 13.2 Å². The summed E-state index contributed by atoms with van der Waals surface area (Å²) < 4.78 is 39.4. The number of benzene rings is 1. The Bertz CT molecular complexity index is 448. The fourth-order valence-corrected chi connectivity index (χ4v) is 2.79. The molecule has 0 unspecified atom stereocenters. The Morgan fingerprint density at radius 3 is 2.74 bits per heavy atom. The van der Waals surface area contributed by atoms with Crippen LogP contribution in [0.15, 0.2) is 22.7 Å². The van der Waals surface area contributed by atoms with Crippen molar-refractivity contribution in [3.63, 3.8) is 0 Å². The van der Waals surface area contributed by atoms with E-state index in [1.165, 1.54) is 6.07 Å². The first kappa shape index (κ1) is 14.8. The lowest BCUT2D eigenvalue weighted by Gasteiger charge is -2.31. The van der Waals surface area contributed by atoms with Crippen molar-refractivity contribution in [1.82, 2.24) is 4.90 Å². The minimum absolute atomic E-state index is 0.0681. The molecule has 0 saturated carbocycles. The second-order valence-electron chi connectivity index (χ2n) is 4.94. The van der Waals surface area contributed by atoms with Gasteiger partial charge < -0.3 is 5.73 Å². The molecule has 1 heterocycles. The highest BCUT2D eigenvalue weighted by molar-refractivity contribution is 9.10. The molecule has 0 radical (unpaired) electrons. The predicted octanol–water partition coefficient (Wildman–Crippen LogP) is 3.39. The summed E-state index contributed by atoms with van der Waals surface area (Å²) in [7, 11) is 0. The zero-order chi connectivity index (χ0) is 14.0. The Labute approximate surface area is 118 Å². The molecule has 6 heteroatoms. The summed E-state index contributed by atoms with van der Waals surface area (Å²) in [5, 5.41) is 0. The van der Waals surface area contributed by atoms with Crippen LogP contribution in [0, 0.1) is 0 Å². The number of nitrogens with two attached hydrogens (primary N) is 1. The van der Waals surface area contributed by atoms with Gasteiger partial charge in [0.25, 0.3) is 0 Å². The normalized spacial score (nSPS) is 21.6. The van der Waals surface area contributed by atoms with Crippen molar-refractivity contribution in [1.29, 1.82) is 0 Å². The molecule has 2 nitrogen and oxygen atoms in total. The Kier molecular flexibility index (Phi) is 4.53. The number of piperidine rings is 1. The lowest BCUT2D eigenvalue weighted by Crippen LogP contribution is -2.42. The summed E-state index contributed by atoms with van der Waals surface area (Å²) in [6.45, 7) is 1.77. The Balaban J connectivity index is 2.20. The van der Waals surface area contributed by atoms with E-state index in [9.17, 15) is 13.2 Å². The minimum Gasteiger partial charge on any atom is -0.327 e. The lowest BCUT2D eigenvalue weighted by molar-refractivity contribution is -0.138. The fourth-order valence-electron chi connectivity index (χ4n) is 2.43. The third kappa shape index (κ3) is 3.94. The average Bonchev–Trinajstić information content (AvgIpc) is 2.30. The zero-order valence-corrected chi connectivity index (χ0v) is 12.0. The van der Waals surface area contributed by atoms with Crippen LogP contribution in [-0.2, 0) is 12.7 Å². The van der Waals surface area contributed by atoms with Crippen LogP contribution in [0.1, 0.15) is 24.0 Å². The number of nitrogens with zero attached hydrogens (tertiary/aromatic N) is 1.